The van der Waals surface area contributed by atoms with Gasteiger partial charge in [0.2, 0.25) is 0 Å². The standard InChI is InChI=1S/C6H13N2/c1-6(2,3)8-5-4-7/h4,7H2,1-3H3/q+1. The van der Waals surface area contributed by atoms with Crippen molar-refractivity contribution in [2.75, 3.05) is 6.54 Å². The highest BCUT2D eigenvalue weighted by Crippen LogP contribution is 2.04. The summed E-state index contributed by atoms with van der Waals surface area (Å²) in [7, 11) is 0. The normalized spacial score (nSPS) is 10.0. The Hall–Kier alpha value is -0.550. The summed E-state index contributed by atoms with van der Waals surface area (Å²) < 4.78 is 0. The molecule has 0 saturated heterocycles. The van der Waals surface area contributed by atoms with Crippen molar-refractivity contribution in [3.63, 3.8) is 0 Å². The molecule has 46 valence electrons. The van der Waals surface area contributed by atoms with Gasteiger partial charge in [0.05, 0.1) is 0 Å². The van der Waals surface area contributed by atoms with E-state index in [4.69, 9.17) is 5.73 Å². The second-order valence-corrected chi connectivity index (χ2v) is 2.64. The molecule has 0 rings (SSSR count). The highest BCUT2D eigenvalue weighted by atomic mass is 14.8. The van der Waals surface area contributed by atoms with Crippen LogP contribution in [0, 0.1) is 6.07 Å². The molecule has 2 nitrogen and oxygen atoms in total. The number of nitrogens with two attached hydrogens (primary N) is 1. The minimum Gasteiger partial charge on any atom is -0.315 e. The van der Waals surface area contributed by atoms with Crippen molar-refractivity contribution in [1.82, 2.24) is 0 Å². The lowest BCUT2D eigenvalue weighted by atomic mass is 10.1. The Morgan fingerprint density at radius 3 is 2.12 bits per heavy atom. The van der Waals surface area contributed by atoms with Gasteiger partial charge in [0, 0.05) is 20.8 Å². The maximum Gasteiger partial charge on any atom is 0.288 e. The average Bonchev–Trinajstić information content (AvgIpc) is 1.59. The largest absolute Gasteiger partial charge is 0.315 e. The molecule has 0 spiro atoms. The third-order valence-electron chi connectivity index (χ3n) is 0.506. The van der Waals surface area contributed by atoms with Crippen molar-refractivity contribution in [3.8, 4) is 6.07 Å². The maximum absolute atomic E-state index is 5.13. The summed E-state index contributed by atoms with van der Waals surface area (Å²) in [6.45, 7) is 6.44. The predicted octanol–water partition coefficient (Wildman–Crippen LogP) is 1.08. The van der Waals surface area contributed by atoms with Crippen LogP contribution in [0.4, 0.5) is 0 Å². The number of nitrogens with zero attached hydrogens (tertiary/aromatic N) is 1. The fourth-order valence-corrected chi connectivity index (χ4v) is 0.283. The van der Waals surface area contributed by atoms with E-state index in [0.29, 0.717) is 6.54 Å². The van der Waals surface area contributed by atoms with Gasteiger partial charge in [-0.25, -0.2) is 0 Å². The first-order valence-electron chi connectivity index (χ1n) is 2.71. The molecule has 0 aromatic rings. The summed E-state index contributed by atoms with van der Waals surface area (Å²) in [6, 6.07) is 2.69. The van der Waals surface area contributed by atoms with E-state index in [2.05, 4.69) is 10.9 Å². The molecule has 0 aromatic carbocycles. The number of hydrogen-bond donors (Lipinski definition) is 1. The third-order valence-corrected chi connectivity index (χ3v) is 0.506. The molecule has 0 aromatic heterocycles. The topological polar surface area (TPSA) is 30.4 Å². The van der Waals surface area contributed by atoms with Gasteiger partial charge in [-0.05, 0) is 0 Å². The fraction of sp³-hybridized carbons (Fsp3) is 0.833. The van der Waals surface area contributed by atoms with Gasteiger partial charge in [0.25, 0.3) is 11.6 Å². The first-order valence-corrected chi connectivity index (χ1v) is 2.71. The van der Waals surface area contributed by atoms with Crippen molar-refractivity contribution in [2.45, 2.75) is 26.3 Å². The van der Waals surface area contributed by atoms with Gasteiger partial charge in [0.1, 0.15) is 6.54 Å². The Morgan fingerprint density at radius 2 is 2.00 bits per heavy atom. The monoisotopic (exact) mass is 113 g/mol. The second kappa shape index (κ2) is 2.68. The Morgan fingerprint density at radius 1 is 1.50 bits per heavy atom. The lowest BCUT2D eigenvalue weighted by molar-refractivity contribution is 0.688. The lowest BCUT2D eigenvalue weighted by Gasteiger charge is -1.91. The molecule has 0 fully saturated rings. The Kier molecular flexibility index (Phi) is 2.50. The van der Waals surface area contributed by atoms with E-state index in [1.165, 1.54) is 0 Å². The zero-order valence-electron chi connectivity index (χ0n) is 5.73. The molecule has 0 aliphatic carbocycles. The SMILES string of the molecule is CC(C)(C)[N+]#CCN. The zero-order chi connectivity index (χ0) is 6.62. The number of hydrogen-bond acceptors (Lipinski definition) is 1. The zero-order valence-corrected chi connectivity index (χ0v) is 5.73. The van der Waals surface area contributed by atoms with Crippen LogP contribution in [0.15, 0.2) is 0 Å². The van der Waals surface area contributed by atoms with E-state index in [1.807, 2.05) is 20.8 Å². The van der Waals surface area contributed by atoms with Crippen LogP contribution in [0.3, 0.4) is 0 Å². The smallest absolute Gasteiger partial charge is 0.288 e. The van der Waals surface area contributed by atoms with Crippen LogP contribution in [0.1, 0.15) is 20.8 Å². The molecule has 0 bridgehead atoms. The minimum absolute atomic E-state index is 0.0145. The second-order valence-electron chi connectivity index (χ2n) is 2.64. The van der Waals surface area contributed by atoms with Gasteiger partial charge in [-0.15, -0.1) is 0 Å². The average molecular weight is 113 g/mol. The highest BCUT2D eigenvalue weighted by Gasteiger charge is 2.17. The van der Waals surface area contributed by atoms with E-state index < -0.39 is 0 Å². The molecular weight excluding hydrogens is 100 g/mol. The molecule has 0 amide bonds. The molecule has 0 heterocycles. The molecule has 0 aliphatic rings. The highest BCUT2D eigenvalue weighted by molar-refractivity contribution is 4.97. The molecule has 2 N–H and O–H groups in total. The third kappa shape index (κ3) is 5.45. The van der Waals surface area contributed by atoms with Crippen molar-refractivity contribution in [3.05, 3.63) is 4.85 Å². The van der Waals surface area contributed by atoms with Crippen LogP contribution < -0.4 is 5.73 Å². The minimum atomic E-state index is -0.0145. The van der Waals surface area contributed by atoms with Crippen molar-refractivity contribution in [2.24, 2.45) is 5.73 Å². The molecule has 2 heteroatoms. The first kappa shape index (κ1) is 7.45. The van der Waals surface area contributed by atoms with Crippen LogP contribution in [0.2, 0.25) is 0 Å². The van der Waals surface area contributed by atoms with Crippen molar-refractivity contribution >= 4 is 0 Å². The van der Waals surface area contributed by atoms with Gasteiger partial charge in [-0.1, -0.05) is 4.85 Å². The molecule has 0 unspecified atom stereocenters. The summed E-state index contributed by atoms with van der Waals surface area (Å²) in [4.78, 5) is 4.00. The van der Waals surface area contributed by atoms with E-state index in [-0.39, 0.29) is 5.54 Å². The van der Waals surface area contributed by atoms with Crippen LogP contribution in [-0.4, -0.2) is 12.1 Å². The van der Waals surface area contributed by atoms with Gasteiger partial charge in [-0.3, -0.25) is 0 Å². The summed E-state index contributed by atoms with van der Waals surface area (Å²) >= 11 is 0. The molecule has 8 heavy (non-hydrogen) atoms. The molecule has 0 saturated carbocycles. The summed E-state index contributed by atoms with van der Waals surface area (Å²) in [5.41, 5.74) is 5.12. The van der Waals surface area contributed by atoms with Crippen LogP contribution in [0.5, 0.6) is 0 Å². The molecule has 0 aliphatic heterocycles. The van der Waals surface area contributed by atoms with Gasteiger partial charge in [-0.2, -0.15) is 0 Å². The van der Waals surface area contributed by atoms with Gasteiger partial charge in [0.15, 0.2) is 0 Å². The summed E-state index contributed by atoms with van der Waals surface area (Å²) in [5.74, 6) is 0. The Balaban J connectivity index is 3.69. The van der Waals surface area contributed by atoms with E-state index >= 15 is 0 Å². The van der Waals surface area contributed by atoms with E-state index in [0.717, 1.165) is 0 Å². The fourth-order valence-electron chi connectivity index (χ4n) is 0.283. The molecule has 0 radical (unpaired) electrons. The predicted molar refractivity (Wildman–Crippen MR) is 36.1 cm³/mol. The Bertz CT molecular complexity index is 111. The summed E-state index contributed by atoms with van der Waals surface area (Å²) in [6.07, 6.45) is 0. The van der Waals surface area contributed by atoms with Crippen molar-refractivity contribution in [1.29, 1.82) is 0 Å². The van der Waals surface area contributed by atoms with E-state index in [1.54, 1.807) is 0 Å². The maximum atomic E-state index is 5.13. The van der Waals surface area contributed by atoms with Crippen LogP contribution in [0.25, 0.3) is 4.85 Å². The summed E-state index contributed by atoms with van der Waals surface area (Å²) in [5, 5.41) is 0. The quantitative estimate of drug-likeness (QED) is 0.468. The van der Waals surface area contributed by atoms with E-state index in [9.17, 15) is 0 Å². The van der Waals surface area contributed by atoms with Crippen LogP contribution >= 0.6 is 0 Å². The van der Waals surface area contributed by atoms with Crippen LogP contribution in [-0.2, 0) is 0 Å². The van der Waals surface area contributed by atoms with Gasteiger partial charge < -0.3 is 5.73 Å². The first-order chi connectivity index (χ1) is 3.56. The Labute approximate surface area is 50.5 Å². The van der Waals surface area contributed by atoms with Crippen molar-refractivity contribution < 1.29 is 0 Å². The molecule has 0 atom stereocenters. The van der Waals surface area contributed by atoms with Gasteiger partial charge >= 0.3 is 0 Å². The number of rotatable bonds is 0. The lowest BCUT2D eigenvalue weighted by Crippen LogP contribution is -2.06. The molecular formula is C6H13N2+.